The molecule has 0 bridgehead atoms. The Morgan fingerprint density at radius 1 is 0.788 bits per heavy atom. The molecule has 4 aliphatic carbocycles. The molecule has 0 saturated carbocycles. The molecule has 1 aromatic rings. The zero-order valence-electron chi connectivity index (χ0n) is 18.4. The van der Waals surface area contributed by atoms with E-state index in [1.165, 1.54) is 0 Å². The van der Waals surface area contributed by atoms with E-state index in [1.807, 2.05) is 79.0 Å². The van der Waals surface area contributed by atoms with Crippen LogP contribution in [-0.4, -0.2) is 35.6 Å². The molecular formula is C29H26N2O2. The van der Waals surface area contributed by atoms with Crippen molar-refractivity contribution in [3.8, 4) is 0 Å². The molecular weight excluding hydrogens is 408 g/mol. The summed E-state index contributed by atoms with van der Waals surface area (Å²) in [7, 11) is 0. The van der Waals surface area contributed by atoms with E-state index in [0.717, 1.165) is 23.1 Å². The summed E-state index contributed by atoms with van der Waals surface area (Å²) < 4.78 is 0. The molecule has 5 rings (SSSR count). The fourth-order valence-corrected chi connectivity index (χ4v) is 4.70. The molecule has 0 saturated heterocycles. The number of carbonyl (C=O) groups excluding carboxylic acids is 2. The summed E-state index contributed by atoms with van der Waals surface area (Å²) in [6, 6.07) is 9.88. The predicted molar refractivity (Wildman–Crippen MR) is 133 cm³/mol. The molecule has 4 heteroatoms. The van der Waals surface area contributed by atoms with Crippen LogP contribution in [0.25, 0.3) is 0 Å². The number of ketones is 2. The SMILES string of the molecule is O=C1C(=NC[C@H](Cc2ccccc2)N=C2C=CC3=CC=CCC3C2=O)C=CC2=CC=CCC12. The van der Waals surface area contributed by atoms with E-state index in [4.69, 9.17) is 4.99 Å². The van der Waals surface area contributed by atoms with Crippen molar-refractivity contribution >= 4 is 23.0 Å². The van der Waals surface area contributed by atoms with Gasteiger partial charge in [0.2, 0.25) is 0 Å². The second-order valence-corrected chi connectivity index (χ2v) is 8.75. The summed E-state index contributed by atoms with van der Waals surface area (Å²) in [5.74, 6) is -0.146. The maximum Gasteiger partial charge on any atom is 0.188 e. The minimum Gasteiger partial charge on any atom is -0.292 e. The first-order valence-corrected chi connectivity index (χ1v) is 11.5. The van der Waals surface area contributed by atoms with Gasteiger partial charge >= 0.3 is 0 Å². The van der Waals surface area contributed by atoms with Gasteiger partial charge in [0.05, 0.1) is 24.4 Å². The van der Waals surface area contributed by atoms with Crippen molar-refractivity contribution in [2.24, 2.45) is 21.8 Å². The van der Waals surface area contributed by atoms with E-state index in [2.05, 4.69) is 17.1 Å². The van der Waals surface area contributed by atoms with Crippen molar-refractivity contribution in [3.63, 3.8) is 0 Å². The minimum absolute atomic E-state index is 0.0659. The monoisotopic (exact) mass is 434 g/mol. The molecule has 0 heterocycles. The topological polar surface area (TPSA) is 58.9 Å². The smallest absolute Gasteiger partial charge is 0.188 e. The van der Waals surface area contributed by atoms with E-state index in [-0.39, 0.29) is 29.4 Å². The van der Waals surface area contributed by atoms with Crippen LogP contribution in [-0.2, 0) is 16.0 Å². The van der Waals surface area contributed by atoms with E-state index >= 15 is 0 Å². The third-order valence-electron chi connectivity index (χ3n) is 6.51. The van der Waals surface area contributed by atoms with Crippen LogP contribution in [0.15, 0.2) is 112 Å². The molecule has 0 fully saturated rings. The van der Waals surface area contributed by atoms with Crippen LogP contribution in [0.3, 0.4) is 0 Å². The van der Waals surface area contributed by atoms with Crippen LogP contribution >= 0.6 is 0 Å². The number of nitrogens with zero attached hydrogens (tertiary/aromatic N) is 2. The average molecular weight is 435 g/mol. The number of hydrogen-bond acceptors (Lipinski definition) is 4. The maximum atomic E-state index is 13.1. The molecule has 3 atom stereocenters. The minimum atomic E-state index is -0.224. The van der Waals surface area contributed by atoms with Gasteiger partial charge in [0.15, 0.2) is 11.6 Å². The summed E-state index contributed by atoms with van der Waals surface area (Å²) in [5.41, 5.74) is 4.23. The number of allylic oxidation sites excluding steroid dienone is 12. The number of Topliss-reactive ketones (excluding diaryl/α,β-unsaturated/α-hetero) is 2. The number of benzene rings is 1. The maximum absolute atomic E-state index is 13.1. The van der Waals surface area contributed by atoms with Gasteiger partial charge in [-0.15, -0.1) is 0 Å². The van der Waals surface area contributed by atoms with Gasteiger partial charge in [0, 0.05) is 0 Å². The third-order valence-corrected chi connectivity index (χ3v) is 6.51. The molecule has 1 aromatic carbocycles. The van der Waals surface area contributed by atoms with Gasteiger partial charge in [0.25, 0.3) is 0 Å². The largest absolute Gasteiger partial charge is 0.292 e. The predicted octanol–water partition coefficient (Wildman–Crippen LogP) is 4.76. The molecule has 0 N–H and O–H groups in total. The van der Waals surface area contributed by atoms with E-state index in [0.29, 0.717) is 30.8 Å². The number of aliphatic imine (C=N–C) groups is 2. The van der Waals surface area contributed by atoms with Crippen molar-refractivity contribution in [1.29, 1.82) is 0 Å². The molecule has 0 radical (unpaired) electrons. The first kappa shape index (κ1) is 21.2. The highest BCUT2D eigenvalue weighted by atomic mass is 16.1. The van der Waals surface area contributed by atoms with Gasteiger partial charge in [-0.2, -0.15) is 0 Å². The third kappa shape index (κ3) is 4.61. The summed E-state index contributed by atoms with van der Waals surface area (Å²) in [6.07, 6.45) is 21.8. The van der Waals surface area contributed by atoms with Gasteiger partial charge in [-0.3, -0.25) is 19.6 Å². The second kappa shape index (κ2) is 9.45. The first-order chi connectivity index (χ1) is 16.2. The summed E-state index contributed by atoms with van der Waals surface area (Å²) >= 11 is 0. The number of hydrogen-bond donors (Lipinski definition) is 0. The highest BCUT2D eigenvalue weighted by Gasteiger charge is 2.30. The zero-order valence-corrected chi connectivity index (χ0v) is 18.4. The lowest BCUT2D eigenvalue weighted by atomic mass is 9.82. The fourth-order valence-electron chi connectivity index (χ4n) is 4.70. The molecule has 33 heavy (non-hydrogen) atoms. The van der Waals surface area contributed by atoms with Gasteiger partial charge < -0.3 is 0 Å². The fraction of sp³-hybridized carbons (Fsp3) is 0.241. The molecule has 0 aliphatic heterocycles. The summed E-state index contributed by atoms with van der Waals surface area (Å²) in [4.78, 5) is 35.6. The van der Waals surface area contributed by atoms with Crippen LogP contribution in [0.5, 0.6) is 0 Å². The Morgan fingerprint density at radius 3 is 2.06 bits per heavy atom. The van der Waals surface area contributed by atoms with Crippen LogP contribution in [0.1, 0.15) is 18.4 Å². The lowest BCUT2D eigenvalue weighted by Gasteiger charge is -2.23. The number of rotatable bonds is 5. The van der Waals surface area contributed by atoms with Crippen molar-refractivity contribution in [1.82, 2.24) is 0 Å². The highest BCUT2D eigenvalue weighted by Crippen LogP contribution is 2.28. The quantitative estimate of drug-likeness (QED) is 0.671. The Kier molecular flexibility index (Phi) is 6.07. The molecule has 0 aromatic heterocycles. The van der Waals surface area contributed by atoms with Crippen LogP contribution in [0.4, 0.5) is 0 Å². The van der Waals surface area contributed by atoms with Crippen molar-refractivity contribution in [2.75, 3.05) is 6.54 Å². The Bertz CT molecular complexity index is 1210. The Labute approximate surface area is 194 Å². The van der Waals surface area contributed by atoms with Crippen LogP contribution < -0.4 is 0 Å². The molecule has 4 nitrogen and oxygen atoms in total. The second-order valence-electron chi connectivity index (χ2n) is 8.75. The van der Waals surface area contributed by atoms with E-state index in [1.54, 1.807) is 0 Å². The molecule has 4 aliphatic rings. The summed E-state index contributed by atoms with van der Waals surface area (Å²) in [5, 5.41) is 0. The van der Waals surface area contributed by atoms with Crippen LogP contribution in [0.2, 0.25) is 0 Å². The zero-order chi connectivity index (χ0) is 22.6. The van der Waals surface area contributed by atoms with E-state index in [9.17, 15) is 9.59 Å². The van der Waals surface area contributed by atoms with Gasteiger partial charge in [-0.05, 0) is 48.1 Å². The number of carbonyl (C=O) groups is 2. The lowest BCUT2D eigenvalue weighted by molar-refractivity contribution is -0.116. The Morgan fingerprint density at radius 2 is 1.39 bits per heavy atom. The molecule has 0 spiro atoms. The van der Waals surface area contributed by atoms with E-state index < -0.39 is 0 Å². The molecule has 0 amide bonds. The summed E-state index contributed by atoms with van der Waals surface area (Å²) in [6.45, 7) is 0.361. The van der Waals surface area contributed by atoms with Crippen LogP contribution in [0, 0.1) is 11.8 Å². The lowest BCUT2D eigenvalue weighted by Crippen LogP contribution is -2.31. The number of fused-ring (bicyclic) bond motifs is 2. The van der Waals surface area contributed by atoms with Gasteiger partial charge in [-0.1, -0.05) is 78.9 Å². The molecule has 2 unspecified atom stereocenters. The average Bonchev–Trinajstić information content (AvgIpc) is 2.86. The molecule has 164 valence electrons. The Balaban J connectivity index is 1.41. The standard InChI is InChI=1S/C29H26N2O2/c32-28-24-12-6-4-10-21(24)14-16-26(28)30-19-23(18-20-8-2-1-3-9-20)31-27-17-15-22-11-5-7-13-25(22)29(27)33/h1-11,14-17,23-25H,12-13,18-19H2/t23-,24?,25?/m0/s1. The van der Waals surface area contributed by atoms with Gasteiger partial charge in [0.1, 0.15) is 11.4 Å². The van der Waals surface area contributed by atoms with Crippen molar-refractivity contribution in [2.45, 2.75) is 25.3 Å². The Hall–Kier alpha value is -3.66. The first-order valence-electron chi connectivity index (χ1n) is 11.5. The van der Waals surface area contributed by atoms with Crippen molar-refractivity contribution < 1.29 is 9.59 Å². The van der Waals surface area contributed by atoms with Gasteiger partial charge in [-0.25, -0.2) is 0 Å². The normalized spacial score (nSPS) is 26.8. The highest BCUT2D eigenvalue weighted by molar-refractivity contribution is 6.47. The van der Waals surface area contributed by atoms with Crippen molar-refractivity contribution in [3.05, 3.63) is 108 Å².